The molecule has 2 rings (SSSR count). The van der Waals surface area contributed by atoms with Crippen LogP contribution in [0.4, 0.5) is 0 Å². The Morgan fingerprint density at radius 1 is 1.53 bits per heavy atom. The number of imidazole rings is 1. The summed E-state index contributed by atoms with van der Waals surface area (Å²) in [5, 5.41) is 6.89. The van der Waals surface area contributed by atoms with E-state index in [1.807, 2.05) is 12.3 Å². The van der Waals surface area contributed by atoms with Gasteiger partial charge in [-0.3, -0.25) is 9.48 Å². The topological polar surface area (TPSA) is 75.6 Å². The van der Waals surface area contributed by atoms with Crippen LogP contribution in [-0.2, 0) is 17.8 Å². The van der Waals surface area contributed by atoms with Gasteiger partial charge in [-0.25, -0.2) is 4.98 Å². The molecule has 0 saturated heterocycles. The number of aryl methyl sites for hydroxylation is 1. The van der Waals surface area contributed by atoms with E-state index < -0.39 is 0 Å². The summed E-state index contributed by atoms with van der Waals surface area (Å²) < 4.78 is 1.74. The van der Waals surface area contributed by atoms with Gasteiger partial charge in [-0.05, 0) is 6.07 Å². The van der Waals surface area contributed by atoms with E-state index in [9.17, 15) is 4.79 Å². The molecule has 2 N–H and O–H groups in total. The maximum absolute atomic E-state index is 11.5. The van der Waals surface area contributed by atoms with Crippen LogP contribution in [0.2, 0.25) is 0 Å². The van der Waals surface area contributed by atoms with Crippen molar-refractivity contribution in [3.63, 3.8) is 0 Å². The summed E-state index contributed by atoms with van der Waals surface area (Å²) in [6, 6.07) is 1.84. The lowest BCUT2D eigenvalue weighted by molar-refractivity contribution is -0.121. The van der Waals surface area contributed by atoms with Crippen molar-refractivity contribution in [2.75, 3.05) is 6.54 Å². The third-order valence-corrected chi connectivity index (χ3v) is 2.40. The molecule has 0 unspecified atom stereocenters. The molecule has 0 saturated carbocycles. The molecule has 0 aliphatic rings. The van der Waals surface area contributed by atoms with Gasteiger partial charge in [-0.2, -0.15) is 5.10 Å². The molecule has 0 aromatic carbocycles. The molecule has 0 bridgehead atoms. The molecule has 0 aliphatic carbocycles. The molecule has 6 heteroatoms. The van der Waals surface area contributed by atoms with Gasteiger partial charge < -0.3 is 10.3 Å². The second kappa shape index (κ2) is 5.83. The fourth-order valence-electron chi connectivity index (χ4n) is 1.50. The highest BCUT2D eigenvalue weighted by Crippen LogP contribution is 1.92. The quantitative estimate of drug-likeness (QED) is 0.756. The van der Waals surface area contributed by atoms with Gasteiger partial charge in [-0.1, -0.05) is 0 Å². The van der Waals surface area contributed by atoms with Crippen LogP contribution in [0.15, 0.2) is 31.0 Å². The monoisotopic (exact) mass is 233 g/mol. The smallest absolute Gasteiger partial charge is 0.221 e. The zero-order chi connectivity index (χ0) is 11.9. The average Bonchev–Trinajstić information content (AvgIpc) is 2.99. The molecule has 0 atom stereocenters. The number of hydrogen-bond donors (Lipinski definition) is 2. The van der Waals surface area contributed by atoms with Crippen LogP contribution in [0.3, 0.4) is 0 Å². The van der Waals surface area contributed by atoms with E-state index in [1.165, 1.54) is 0 Å². The first-order valence-electron chi connectivity index (χ1n) is 5.56. The largest absolute Gasteiger partial charge is 0.356 e. The van der Waals surface area contributed by atoms with E-state index in [0.29, 0.717) is 19.5 Å². The van der Waals surface area contributed by atoms with Crippen molar-refractivity contribution in [1.29, 1.82) is 0 Å². The van der Waals surface area contributed by atoms with E-state index >= 15 is 0 Å². The third-order valence-electron chi connectivity index (χ3n) is 2.40. The molecular formula is C11H15N5O. The maximum atomic E-state index is 11.5. The first-order chi connectivity index (χ1) is 8.34. The Bertz CT molecular complexity index is 434. The number of hydrogen-bond acceptors (Lipinski definition) is 3. The van der Waals surface area contributed by atoms with Crippen LogP contribution >= 0.6 is 0 Å². The summed E-state index contributed by atoms with van der Waals surface area (Å²) in [6.07, 6.45) is 8.16. The predicted molar refractivity (Wildman–Crippen MR) is 62.1 cm³/mol. The van der Waals surface area contributed by atoms with Gasteiger partial charge >= 0.3 is 0 Å². The predicted octanol–water partition coefficient (Wildman–Crippen LogP) is 0.355. The lowest BCUT2D eigenvalue weighted by atomic mass is 10.3. The van der Waals surface area contributed by atoms with Crippen molar-refractivity contribution in [2.24, 2.45) is 0 Å². The van der Waals surface area contributed by atoms with Gasteiger partial charge in [-0.15, -0.1) is 0 Å². The number of nitrogens with one attached hydrogen (secondary N) is 2. The SMILES string of the molecule is O=C(CCn1cccn1)NCCc1cnc[nH]1. The summed E-state index contributed by atoms with van der Waals surface area (Å²) in [7, 11) is 0. The maximum Gasteiger partial charge on any atom is 0.221 e. The average molecular weight is 233 g/mol. The van der Waals surface area contributed by atoms with Gasteiger partial charge in [0, 0.05) is 50.2 Å². The minimum absolute atomic E-state index is 0.0417. The summed E-state index contributed by atoms with van der Waals surface area (Å²) in [6.45, 7) is 1.24. The van der Waals surface area contributed by atoms with Crippen molar-refractivity contribution in [3.8, 4) is 0 Å². The highest BCUT2D eigenvalue weighted by molar-refractivity contribution is 5.75. The Balaban J connectivity index is 1.61. The molecule has 0 radical (unpaired) electrons. The number of aromatic amines is 1. The Morgan fingerprint density at radius 3 is 3.18 bits per heavy atom. The van der Waals surface area contributed by atoms with Crippen molar-refractivity contribution >= 4 is 5.91 Å². The van der Waals surface area contributed by atoms with E-state index in [0.717, 1.165) is 12.1 Å². The van der Waals surface area contributed by atoms with E-state index in [1.54, 1.807) is 23.4 Å². The van der Waals surface area contributed by atoms with Crippen LogP contribution in [0, 0.1) is 0 Å². The molecule has 17 heavy (non-hydrogen) atoms. The minimum atomic E-state index is 0.0417. The van der Waals surface area contributed by atoms with Gasteiger partial charge in [0.15, 0.2) is 0 Å². The summed E-state index contributed by atoms with van der Waals surface area (Å²) in [5.41, 5.74) is 1.03. The number of H-pyrrole nitrogens is 1. The molecule has 2 aromatic heterocycles. The molecule has 1 amide bonds. The third kappa shape index (κ3) is 3.75. The fraction of sp³-hybridized carbons (Fsp3) is 0.364. The number of rotatable bonds is 6. The van der Waals surface area contributed by atoms with Crippen LogP contribution in [0.5, 0.6) is 0 Å². The first-order valence-corrected chi connectivity index (χ1v) is 5.56. The van der Waals surface area contributed by atoms with Crippen molar-refractivity contribution in [2.45, 2.75) is 19.4 Å². The van der Waals surface area contributed by atoms with Crippen molar-refractivity contribution in [3.05, 3.63) is 36.7 Å². The standard InChI is InChI=1S/C11H15N5O/c17-11(3-7-16-6-1-4-15-16)13-5-2-10-8-12-9-14-10/h1,4,6,8-9H,2-3,5,7H2,(H,12,14)(H,13,17). The lowest BCUT2D eigenvalue weighted by Crippen LogP contribution is -2.26. The first kappa shape index (κ1) is 11.4. The van der Waals surface area contributed by atoms with Crippen molar-refractivity contribution in [1.82, 2.24) is 25.1 Å². The molecule has 6 nitrogen and oxygen atoms in total. The second-order valence-electron chi connectivity index (χ2n) is 3.70. The molecular weight excluding hydrogens is 218 g/mol. The highest BCUT2D eigenvalue weighted by Gasteiger charge is 2.01. The zero-order valence-electron chi connectivity index (χ0n) is 9.47. The number of aromatic nitrogens is 4. The fourth-order valence-corrected chi connectivity index (χ4v) is 1.50. The van der Waals surface area contributed by atoms with Crippen molar-refractivity contribution < 1.29 is 4.79 Å². The summed E-state index contributed by atoms with van der Waals surface area (Å²) >= 11 is 0. The van der Waals surface area contributed by atoms with Gasteiger partial charge in [0.05, 0.1) is 6.33 Å². The molecule has 0 spiro atoms. The molecule has 90 valence electrons. The highest BCUT2D eigenvalue weighted by atomic mass is 16.1. The van der Waals surface area contributed by atoms with Crippen LogP contribution in [0.1, 0.15) is 12.1 Å². The van der Waals surface area contributed by atoms with Gasteiger partial charge in [0.25, 0.3) is 0 Å². The number of nitrogens with zero attached hydrogens (tertiary/aromatic N) is 3. The Kier molecular flexibility index (Phi) is 3.90. The van der Waals surface area contributed by atoms with Crippen LogP contribution in [0.25, 0.3) is 0 Å². The second-order valence-corrected chi connectivity index (χ2v) is 3.70. The minimum Gasteiger partial charge on any atom is -0.356 e. The number of amides is 1. The Hall–Kier alpha value is -2.11. The van der Waals surface area contributed by atoms with Gasteiger partial charge in [0.1, 0.15) is 0 Å². The summed E-state index contributed by atoms with van der Waals surface area (Å²) in [4.78, 5) is 18.4. The lowest BCUT2D eigenvalue weighted by Gasteiger charge is -2.04. The van der Waals surface area contributed by atoms with Crippen LogP contribution in [-0.4, -0.2) is 32.2 Å². The summed E-state index contributed by atoms with van der Waals surface area (Å²) in [5.74, 6) is 0.0417. The Labute approximate surface area is 99.1 Å². The normalized spacial score (nSPS) is 10.4. The molecule has 0 fully saturated rings. The van der Waals surface area contributed by atoms with Crippen LogP contribution < -0.4 is 5.32 Å². The number of carbonyl (C=O) groups excluding carboxylic acids is 1. The molecule has 2 heterocycles. The Morgan fingerprint density at radius 2 is 2.47 bits per heavy atom. The van der Waals surface area contributed by atoms with Gasteiger partial charge in [0.2, 0.25) is 5.91 Å². The van der Waals surface area contributed by atoms with E-state index in [2.05, 4.69) is 20.4 Å². The molecule has 0 aliphatic heterocycles. The number of carbonyl (C=O) groups is 1. The zero-order valence-corrected chi connectivity index (χ0v) is 9.47. The van der Waals surface area contributed by atoms with E-state index in [4.69, 9.17) is 0 Å². The van der Waals surface area contributed by atoms with E-state index in [-0.39, 0.29) is 5.91 Å². The molecule has 2 aromatic rings.